The van der Waals surface area contributed by atoms with Crippen molar-refractivity contribution in [2.24, 2.45) is 0 Å². The third-order valence-corrected chi connectivity index (χ3v) is 3.60. The number of nitrogens with one attached hydrogen (secondary N) is 1. The molecule has 0 spiro atoms. The van der Waals surface area contributed by atoms with Crippen LogP contribution in [0.15, 0.2) is 12.1 Å². The summed E-state index contributed by atoms with van der Waals surface area (Å²) in [7, 11) is 1.58. The lowest BCUT2D eigenvalue weighted by molar-refractivity contribution is -0.0807. The Balaban J connectivity index is 2.12. The van der Waals surface area contributed by atoms with Gasteiger partial charge in [0.05, 0.1) is 17.2 Å². The second-order valence-corrected chi connectivity index (χ2v) is 4.78. The van der Waals surface area contributed by atoms with Crippen LogP contribution in [0, 0.1) is 23.0 Å². The molecule has 1 aromatic carbocycles. The zero-order valence-electron chi connectivity index (χ0n) is 11.2. The molecule has 0 radical (unpaired) electrons. The van der Waals surface area contributed by atoms with E-state index < -0.39 is 17.2 Å². The maximum absolute atomic E-state index is 13.8. The van der Waals surface area contributed by atoms with Crippen LogP contribution in [0.3, 0.4) is 0 Å². The van der Waals surface area contributed by atoms with Gasteiger partial charge < -0.3 is 14.8 Å². The van der Waals surface area contributed by atoms with E-state index in [0.717, 1.165) is 12.1 Å². The zero-order valence-corrected chi connectivity index (χ0v) is 11.2. The Morgan fingerprint density at radius 2 is 1.95 bits per heavy atom. The van der Waals surface area contributed by atoms with E-state index >= 15 is 0 Å². The van der Waals surface area contributed by atoms with Gasteiger partial charge in [-0.25, -0.2) is 8.78 Å². The first-order chi connectivity index (χ1) is 9.60. The van der Waals surface area contributed by atoms with Crippen molar-refractivity contribution in [1.29, 1.82) is 5.26 Å². The normalized spacial score (nSPS) is 17.5. The van der Waals surface area contributed by atoms with Gasteiger partial charge >= 0.3 is 0 Å². The molecule has 1 N–H and O–H groups in total. The number of rotatable bonds is 4. The molecular formula is C14H16F2N2O2. The van der Waals surface area contributed by atoms with Crippen molar-refractivity contribution in [1.82, 2.24) is 0 Å². The molecule has 0 aliphatic carbocycles. The van der Waals surface area contributed by atoms with Gasteiger partial charge in [0, 0.05) is 39.7 Å². The lowest BCUT2D eigenvalue weighted by atomic mass is 9.94. The molecule has 0 amide bonds. The predicted octanol–water partition coefficient (Wildman–Crippen LogP) is 2.44. The number of nitrogens with zero attached hydrogens (tertiary/aromatic N) is 1. The number of hydrogen-bond donors (Lipinski definition) is 1. The summed E-state index contributed by atoms with van der Waals surface area (Å²) in [4.78, 5) is 0. The van der Waals surface area contributed by atoms with Gasteiger partial charge in [0.2, 0.25) is 0 Å². The average molecular weight is 282 g/mol. The Morgan fingerprint density at radius 1 is 1.35 bits per heavy atom. The maximum atomic E-state index is 13.8. The summed E-state index contributed by atoms with van der Waals surface area (Å²) in [6.07, 6.45) is 1.33. The van der Waals surface area contributed by atoms with Crippen molar-refractivity contribution in [3.05, 3.63) is 29.3 Å². The Kier molecular flexibility index (Phi) is 4.53. The number of methoxy groups -OCH3 is 1. The van der Waals surface area contributed by atoms with E-state index in [0.29, 0.717) is 26.1 Å². The highest BCUT2D eigenvalue weighted by Crippen LogP contribution is 2.27. The summed E-state index contributed by atoms with van der Waals surface area (Å²) >= 11 is 0. The molecule has 0 unspecified atom stereocenters. The van der Waals surface area contributed by atoms with Crippen molar-refractivity contribution in [3.63, 3.8) is 0 Å². The molecule has 1 fully saturated rings. The minimum Gasteiger partial charge on any atom is -0.381 e. The van der Waals surface area contributed by atoms with E-state index in [2.05, 4.69) is 5.32 Å². The average Bonchev–Trinajstić information content (AvgIpc) is 2.47. The molecule has 20 heavy (non-hydrogen) atoms. The van der Waals surface area contributed by atoms with Crippen molar-refractivity contribution in [2.75, 3.05) is 32.2 Å². The van der Waals surface area contributed by atoms with Gasteiger partial charge in [-0.05, 0) is 12.1 Å². The second kappa shape index (κ2) is 6.16. The SMILES string of the molecule is COC1(CNc2c(F)cc(C#N)cc2F)CCOCC1. The number of hydrogen-bond acceptors (Lipinski definition) is 4. The van der Waals surface area contributed by atoms with Gasteiger partial charge in [-0.15, -0.1) is 0 Å². The molecule has 1 heterocycles. The monoisotopic (exact) mass is 282 g/mol. The third-order valence-electron chi connectivity index (χ3n) is 3.60. The van der Waals surface area contributed by atoms with Crippen LogP contribution in [0.25, 0.3) is 0 Å². The van der Waals surface area contributed by atoms with Crippen molar-refractivity contribution in [3.8, 4) is 6.07 Å². The molecule has 1 aliphatic rings. The molecule has 108 valence electrons. The molecule has 1 aliphatic heterocycles. The first-order valence-corrected chi connectivity index (χ1v) is 6.36. The molecule has 0 atom stereocenters. The molecule has 1 aromatic rings. The highest BCUT2D eigenvalue weighted by Gasteiger charge is 2.32. The van der Waals surface area contributed by atoms with Crippen LogP contribution in [0.4, 0.5) is 14.5 Å². The first-order valence-electron chi connectivity index (χ1n) is 6.36. The van der Waals surface area contributed by atoms with E-state index in [1.807, 2.05) is 0 Å². The molecular weight excluding hydrogens is 266 g/mol. The second-order valence-electron chi connectivity index (χ2n) is 4.78. The Labute approximate surface area is 116 Å². The van der Waals surface area contributed by atoms with E-state index in [1.54, 1.807) is 13.2 Å². The molecule has 0 bridgehead atoms. The largest absolute Gasteiger partial charge is 0.381 e. The Morgan fingerprint density at radius 3 is 2.45 bits per heavy atom. The van der Waals surface area contributed by atoms with Crippen molar-refractivity contribution < 1.29 is 18.3 Å². The first kappa shape index (κ1) is 14.7. The molecule has 1 saturated heterocycles. The minimum absolute atomic E-state index is 0.0435. The fourth-order valence-electron chi connectivity index (χ4n) is 2.25. The third kappa shape index (κ3) is 3.06. The number of nitriles is 1. The van der Waals surface area contributed by atoms with Crippen LogP contribution < -0.4 is 5.32 Å². The smallest absolute Gasteiger partial charge is 0.150 e. The van der Waals surface area contributed by atoms with Gasteiger partial charge in [0.1, 0.15) is 5.69 Å². The summed E-state index contributed by atoms with van der Waals surface area (Å²) in [5, 5.41) is 11.4. The summed E-state index contributed by atoms with van der Waals surface area (Å²) in [6.45, 7) is 1.41. The zero-order chi connectivity index (χ0) is 14.6. The van der Waals surface area contributed by atoms with Crippen LogP contribution in [0.5, 0.6) is 0 Å². The fourth-order valence-corrected chi connectivity index (χ4v) is 2.25. The summed E-state index contributed by atoms with van der Waals surface area (Å²) in [6, 6.07) is 3.73. The fraction of sp³-hybridized carbons (Fsp3) is 0.500. The van der Waals surface area contributed by atoms with Gasteiger partial charge in [0.25, 0.3) is 0 Å². The number of ether oxygens (including phenoxy) is 2. The van der Waals surface area contributed by atoms with E-state index in [9.17, 15) is 8.78 Å². The van der Waals surface area contributed by atoms with Gasteiger partial charge in [-0.3, -0.25) is 0 Å². The van der Waals surface area contributed by atoms with Gasteiger partial charge in [-0.2, -0.15) is 5.26 Å². The van der Waals surface area contributed by atoms with Gasteiger partial charge in [0.15, 0.2) is 11.6 Å². The van der Waals surface area contributed by atoms with Crippen LogP contribution in [0.2, 0.25) is 0 Å². The molecule has 2 rings (SSSR count). The van der Waals surface area contributed by atoms with Crippen LogP contribution in [-0.4, -0.2) is 32.5 Å². The van der Waals surface area contributed by atoms with E-state index in [4.69, 9.17) is 14.7 Å². The lowest BCUT2D eigenvalue weighted by Gasteiger charge is -2.36. The Hall–Kier alpha value is -1.71. The van der Waals surface area contributed by atoms with Crippen molar-refractivity contribution >= 4 is 5.69 Å². The number of benzene rings is 1. The van der Waals surface area contributed by atoms with E-state index in [-0.39, 0.29) is 17.8 Å². The number of halogens is 2. The highest BCUT2D eigenvalue weighted by atomic mass is 19.1. The maximum Gasteiger partial charge on any atom is 0.150 e. The summed E-state index contributed by atoms with van der Waals surface area (Å²) in [5.41, 5.74) is -0.754. The van der Waals surface area contributed by atoms with Gasteiger partial charge in [-0.1, -0.05) is 0 Å². The standard InChI is InChI=1S/C14H16F2N2O2/c1-19-14(2-4-20-5-3-14)9-18-13-11(15)6-10(8-17)7-12(13)16/h6-7,18H,2-5,9H2,1H3. The van der Waals surface area contributed by atoms with Crippen LogP contribution in [-0.2, 0) is 9.47 Å². The van der Waals surface area contributed by atoms with Crippen LogP contribution in [0.1, 0.15) is 18.4 Å². The Bertz CT molecular complexity index is 499. The topological polar surface area (TPSA) is 54.3 Å². The molecule has 0 aromatic heterocycles. The van der Waals surface area contributed by atoms with Crippen molar-refractivity contribution in [2.45, 2.75) is 18.4 Å². The molecule has 0 saturated carbocycles. The summed E-state index contributed by atoms with van der Waals surface area (Å²) < 4.78 is 38.3. The van der Waals surface area contributed by atoms with E-state index in [1.165, 1.54) is 0 Å². The predicted molar refractivity (Wildman–Crippen MR) is 69.4 cm³/mol. The molecule has 6 heteroatoms. The minimum atomic E-state index is -0.778. The summed E-state index contributed by atoms with van der Waals surface area (Å²) in [5.74, 6) is -1.56. The highest BCUT2D eigenvalue weighted by molar-refractivity contribution is 5.50. The quantitative estimate of drug-likeness (QED) is 0.921. The number of anilines is 1. The van der Waals surface area contributed by atoms with Crippen LogP contribution >= 0.6 is 0 Å². The lowest BCUT2D eigenvalue weighted by Crippen LogP contribution is -2.44. The molecule has 4 nitrogen and oxygen atoms in total.